The SMILES string of the molecule is O=c1[nH]nc(-c2ccc3c(c2)CCCC3)cc1CCl. The van der Waals surface area contributed by atoms with Crippen molar-refractivity contribution in [1.29, 1.82) is 0 Å². The third kappa shape index (κ3) is 2.43. The van der Waals surface area contributed by atoms with Crippen LogP contribution in [0.2, 0.25) is 0 Å². The Morgan fingerprint density at radius 3 is 2.74 bits per heavy atom. The van der Waals surface area contributed by atoms with E-state index in [9.17, 15) is 4.79 Å². The van der Waals surface area contributed by atoms with Gasteiger partial charge in [-0.05, 0) is 48.9 Å². The van der Waals surface area contributed by atoms with E-state index in [0.717, 1.165) is 17.7 Å². The van der Waals surface area contributed by atoms with E-state index in [0.29, 0.717) is 5.56 Å². The number of alkyl halides is 1. The van der Waals surface area contributed by atoms with Crippen molar-refractivity contribution in [3.05, 3.63) is 51.3 Å². The van der Waals surface area contributed by atoms with Crippen LogP contribution in [0, 0.1) is 0 Å². The zero-order valence-electron chi connectivity index (χ0n) is 10.6. The van der Waals surface area contributed by atoms with Gasteiger partial charge < -0.3 is 0 Å². The molecule has 3 nitrogen and oxygen atoms in total. The van der Waals surface area contributed by atoms with Gasteiger partial charge in [0, 0.05) is 11.1 Å². The molecule has 0 bridgehead atoms. The van der Waals surface area contributed by atoms with Crippen LogP contribution in [-0.4, -0.2) is 10.2 Å². The number of aromatic amines is 1. The highest BCUT2D eigenvalue weighted by Crippen LogP contribution is 2.26. The monoisotopic (exact) mass is 274 g/mol. The molecular weight excluding hydrogens is 260 g/mol. The van der Waals surface area contributed by atoms with Crippen molar-refractivity contribution in [1.82, 2.24) is 10.2 Å². The van der Waals surface area contributed by atoms with Gasteiger partial charge in [-0.2, -0.15) is 5.10 Å². The average molecular weight is 275 g/mol. The second kappa shape index (κ2) is 5.17. The van der Waals surface area contributed by atoms with Crippen LogP contribution in [0.15, 0.2) is 29.1 Å². The maximum atomic E-state index is 11.5. The third-order valence-corrected chi connectivity index (χ3v) is 3.96. The van der Waals surface area contributed by atoms with Gasteiger partial charge in [0.2, 0.25) is 0 Å². The smallest absolute Gasteiger partial charge is 0.268 e. The number of rotatable bonds is 2. The predicted molar refractivity (Wildman–Crippen MR) is 76.5 cm³/mol. The number of H-pyrrole nitrogens is 1. The first-order valence-corrected chi connectivity index (χ1v) is 7.08. The fraction of sp³-hybridized carbons (Fsp3) is 0.333. The fourth-order valence-electron chi connectivity index (χ4n) is 2.59. The van der Waals surface area contributed by atoms with Crippen molar-refractivity contribution < 1.29 is 0 Å². The quantitative estimate of drug-likeness (QED) is 0.856. The Kier molecular flexibility index (Phi) is 3.38. The second-order valence-electron chi connectivity index (χ2n) is 4.93. The molecule has 1 aliphatic rings. The van der Waals surface area contributed by atoms with Gasteiger partial charge in [0.1, 0.15) is 0 Å². The van der Waals surface area contributed by atoms with Crippen molar-refractivity contribution in [2.75, 3.05) is 0 Å². The Morgan fingerprint density at radius 2 is 1.95 bits per heavy atom. The van der Waals surface area contributed by atoms with E-state index >= 15 is 0 Å². The number of benzene rings is 1. The number of nitrogens with one attached hydrogen (secondary N) is 1. The van der Waals surface area contributed by atoms with Crippen LogP contribution in [-0.2, 0) is 18.7 Å². The number of halogens is 1. The molecule has 0 spiro atoms. The summed E-state index contributed by atoms with van der Waals surface area (Å²) in [5.74, 6) is 0.204. The third-order valence-electron chi connectivity index (χ3n) is 3.67. The van der Waals surface area contributed by atoms with Gasteiger partial charge in [0.05, 0.1) is 11.6 Å². The lowest BCUT2D eigenvalue weighted by molar-refractivity contribution is 0.686. The first kappa shape index (κ1) is 12.4. The molecule has 0 atom stereocenters. The van der Waals surface area contributed by atoms with Crippen LogP contribution >= 0.6 is 11.6 Å². The van der Waals surface area contributed by atoms with Crippen LogP contribution in [0.3, 0.4) is 0 Å². The summed E-state index contributed by atoms with van der Waals surface area (Å²) in [6.07, 6.45) is 4.83. The Morgan fingerprint density at radius 1 is 1.16 bits per heavy atom. The summed E-state index contributed by atoms with van der Waals surface area (Å²) in [6.45, 7) is 0. The van der Waals surface area contributed by atoms with Crippen molar-refractivity contribution >= 4 is 11.6 Å². The molecule has 1 aliphatic carbocycles. The summed E-state index contributed by atoms with van der Waals surface area (Å²) in [7, 11) is 0. The van der Waals surface area contributed by atoms with Gasteiger partial charge in [0.25, 0.3) is 5.56 Å². The molecule has 0 unspecified atom stereocenters. The summed E-state index contributed by atoms with van der Waals surface area (Å²) in [6, 6.07) is 8.21. The number of aromatic nitrogens is 2. The maximum absolute atomic E-state index is 11.5. The minimum Gasteiger partial charge on any atom is -0.268 e. The minimum atomic E-state index is -0.211. The Labute approximate surface area is 116 Å². The van der Waals surface area contributed by atoms with E-state index in [4.69, 9.17) is 11.6 Å². The Bertz CT molecular complexity index is 663. The average Bonchev–Trinajstić information content (AvgIpc) is 2.47. The van der Waals surface area contributed by atoms with Gasteiger partial charge in [-0.1, -0.05) is 12.1 Å². The predicted octanol–water partition coefficient (Wildman–Crippen LogP) is 3.05. The lowest BCUT2D eigenvalue weighted by Gasteiger charge is -2.16. The highest BCUT2D eigenvalue weighted by Gasteiger charge is 2.11. The largest absolute Gasteiger partial charge is 0.268 e. The molecule has 1 N–H and O–H groups in total. The zero-order chi connectivity index (χ0) is 13.2. The van der Waals surface area contributed by atoms with E-state index < -0.39 is 0 Å². The summed E-state index contributed by atoms with van der Waals surface area (Å²) < 4.78 is 0. The lowest BCUT2D eigenvalue weighted by atomic mass is 9.90. The first-order chi connectivity index (χ1) is 9.28. The summed E-state index contributed by atoms with van der Waals surface area (Å²) in [4.78, 5) is 11.5. The van der Waals surface area contributed by atoms with Crippen molar-refractivity contribution in [2.24, 2.45) is 0 Å². The molecular formula is C15H15ClN2O. The number of nitrogens with zero attached hydrogens (tertiary/aromatic N) is 1. The summed E-state index contributed by atoms with van der Waals surface area (Å²) in [5.41, 5.74) is 5.02. The van der Waals surface area contributed by atoms with Crippen LogP contribution in [0.1, 0.15) is 29.5 Å². The van der Waals surface area contributed by atoms with Gasteiger partial charge >= 0.3 is 0 Å². The second-order valence-corrected chi connectivity index (χ2v) is 5.20. The molecule has 0 aliphatic heterocycles. The van der Waals surface area contributed by atoms with Gasteiger partial charge in [-0.15, -0.1) is 11.6 Å². The Balaban J connectivity index is 2.04. The van der Waals surface area contributed by atoms with Gasteiger partial charge in [-0.3, -0.25) is 4.79 Å². The summed E-state index contributed by atoms with van der Waals surface area (Å²) in [5, 5.41) is 6.62. The molecule has 0 amide bonds. The van der Waals surface area contributed by atoms with Crippen molar-refractivity contribution in [2.45, 2.75) is 31.6 Å². The molecule has 19 heavy (non-hydrogen) atoms. The molecule has 0 saturated carbocycles. The number of hydrogen-bond donors (Lipinski definition) is 1. The van der Waals surface area contributed by atoms with Gasteiger partial charge in [0.15, 0.2) is 0 Å². The number of aryl methyl sites for hydroxylation is 2. The molecule has 0 radical (unpaired) electrons. The van der Waals surface area contributed by atoms with Crippen LogP contribution in [0.25, 0.3) is 11.3 Å². The standard InChI is InChI=1S/C15H15ClN2O/c16-9-13-8-14(17-18-15(13)19)12-6-5-10-3-1-2-4-11(10)7-12/h5-8H,1-4,9H2,(H,18,19). The van der Waals surface area contributed by atoms with Crippen LogP contribution in [0.4, 0.5) is 0 Å². The Hall–Kier alpha value is -1.61. The van der Waals surface area contributed by atoms with E-state index in [2.05, 4.69) is 28.4 Å². The fourth-order valence-corrected chi connectivity index (χ4v) is 2.78. The van der Waals surface area contributed by atoms with Gasteiger partial charge in [-0.25, -0.2) is 5.10 Å². The van der Waals surface area contributed by atoms with E-state index in [1.165, 1.54) is 30.4 Å². The van der Waals surface area contributed by atoms with Crippen LogP contribution < -0.4 is 5.56 Å². The topological polar surface area (TPSA) is 45.8 Å². The molecule has 1 aromatic heterocycles. The highest BCUT2D eigenvalue weighted by molar-refractivity contribution is 6.17. The van der Waals surface area contributed by atoms with E-state index in [-0.39, 0.29) is 11.4 Å². The van der Waals surface area contributed by atoms with Crippen molar-refractivity contribution in [3.8, 4) is 11.3 Å². The molecule has 98 valence electrons. The molecule has 1 heterocycles. The van der Waals surface area contributed by atoms with E-state index in [1.54, 1.807) is 6.07 Å². The lowest BCUT2D eigenvalue weighted by Crippen LogP contribution is -2.13. The highest BCUT2D eigenvalue weighted by atomic mass is 35.5. The molecule has 3 rings (SSSR count). The molecule has 1 aromatic carbocycles. The molecule has 0 fully saturated rings. The van der Waals surface area contributed by atoms with Crippen LogP contribution in [0.5, 0.6) is 0 Å². The first-order valence-electron chi connectivity index (χ1n) is 6.54. The minimum absolute atomic E-state index is 0.204. The molecule has 2 aromatic rings. The van der Waals surface area contributed by atoms with Crippen molar-refractivity contribution in [3.63, 3.8) is 0 Å². The molecule has 0 saturated heterocycles. The number of hydrogen-bond acceptors (Lipinski definition) is 2. The maximum Gasteiger partial charge on any atom is 0.268 e. The normalized spacial score (nSPS) is 14.2. The zero-order valence-corrected chi connectivity index (χ0v) is 11.3. The van der Waals surface area contributed by atoms with E-state index in [1.807, 2.05) is 0 Å². The number of fused-ring (bicyclic) bond motifs is 1. The summed E-state index contributed by atoms with van der Waals surface area (Å²) >= 11 is 5.76. The molecule has 4 heteroatoms.